The van der Waals surface area contributed by atoms with Gasteiger partial charge in [-0.25, -0.2) is 0 Å². The van der Waals surface area contributed by atoms with Crippen molar-refractivity contribution in [2.24, 2.45) is 11.7 Å². The van der Waals surface area contributed by atoms with Crippen molar-refractivity contribution < 1.29 is 9.59 Å². The molecule has 2 amide bonds. The molecule has 1 heterocycles. The fourth-order valence-corrected chi connectivity index (χ4v) is 3.86. The van der Waals surface area contributed by atoms with Crippen LogP contribution in [-0.2, 0) is 22.6 Å². The first-order valence-electron chi connectivity index (χ1n) is 10.6. The number of nitrogens with two attached hydrogens (primary N) is 1. The molecule has 0 radical (unpaired) electrons. The van der Waals surface area contributed by atoms with Gasteiger partial charge in [-0.15, -0.1) is 0 Å². The topological polar surface area (TPSA) is 120 Å². The number of nitrogen functional groups attached to an aromatic ring is 1. The lowest BCUT2D eigenvalue weighted by atomic mass is 9.95. The van der Waals surface area contributed by atoms with E-state index in [1.165, 1.54) is 11.1 Å². The Hall–Kier alpha value is -3.19. The van der Waals surface area contributed by atoms with Gasteiger partial charge in [0.2, 0.25) is 11.8 Å². The lowest BCUT2D eigenvalue weighted by Gasteiger charge is -2.17. The van der Waals surface area contributed by atoms with Crippen LogP contribution >= 0.6 is 0 Å². The third kappa shape index (κ3) is 6.39. The fraction of sp³-hybridized carbons (Fsp3) is 0.375. The van der Waals surface area contributed by atoms with Crippen LogP contribution in [0, 0.1) is 18.3 Å². The maximum atomic E-state index is 12.6. The van der Waals surface area contributed by atoms with Gasteiger partial charge in [0.1, 0.15) is 11.9 Å². The highest BCUT2D eigenvalue weighted by atomic mass is 16.2. The van der Waals surface area contributed by atoms with Crippen molar-refractivity contribution in [2.45, 2.75) is 45.3 Å². The van der Waals surface area contributed by atoms with Gasteiger partial charge in [0.05, 0.1) is 6.04 Å². The number of benzene rings is 2. The summed E-state index contributed by atoms with van der Waals surface area (Å²) in [6, 6.07) is 14.7. The van der Waals surface area contributed by atoms with Crippen LogP contribution in [0.5, 0.6) is 0 Å². The van der Waals surface area contributed by atoms with E-state index in [0.29, 0.717) is 18.0 Å². The molecule has 7 heteroatoms. The Morgan fingerprint density at radius 3 is 2.61 bits per heavy atom. The molecular formula is C24H31N5O2. The van der Waals surface area contributed by atoms with Crippen molar-refractivity contribution >= 4 is 17.6 Å². The van der Waals surface area contributed by atoms with E-state index < -0.39 is 6.04 Å². The Bertz CT molecular complexity index is 941. The second-order valence-electron chi connectivity index (χ2n) is 8.31. The third-order valence-electron chi connectivity index (χ3n) is 5.63. The summed E-state index contributed by atoms with van der Waals surface area (Å²) in [4.78, 5) is 25.0. The molecule has 3 atom stereocenters. The van der Waals surface area contributed by atoms with Crippen LogP contribution in [0.15, 0.2) is 48.5 Å². The second-order valence-corrected chi connectivity index (χ2v) is 8.31. The highest BCUT2D eigenvalue weighted by Crippen LogP contribution is 2.20. The molecule has 2 aromatic rings. The molecule has 164 valence electrons. The maximum absolute atomic E-state index is 12.6. The summed E-state index contributed by atoms with van der Waals surface area (Å²) in [5.41, 5.74) is 9.51. The predicted molar refractivity (Wildman–Crippen MR) is 122 cm³/mol. The Balaban J connectivity index is 1.43. The van der Waals surface area contributed by atoms with Gasteiger partial charge in [0.25, 0.3) is 0 Å². The van der Waals surface area contributed by atoms with Crippen LogP contribution in [0.4, 0.5) is 0 Å². The van der Waals surface area contributed by atoms with Gasteiger partial charge in [-0.05, 0) is 50.3 Å². The molecule has 31 heavy (non-hydrogen) atoms. The number of carbonyl (C=O) groups is 2. The van der Waals surface area contributed by atoms with E-state index in [4.69, 9.17) is 11.1 Å². The molecule has 1 aliphatic heterocycles. The number of amides is 2. The maximum Gasteiger partial charge on any atom is 0.242 e. The Kier molecular flexibility index (Phi) is 7.41. The average Bonchev–Trinajstić information content (AvgIpc) is 3.20. The van der Waals surface area contributed by atoms with Gasteiger partial charge >= 0.3 is 0 Å². The molecule has 6 N–H and O–H groups in total. The first kappa shape index (κ1) is 22.5. The van der Waals surface area contributed by atoms with Crippen LogP contribution in [-0.4, -0.2) is 36.3 Å². The van der Waals surface area contributed by atoms with Crippen molar-refractivity contribution in [1.29, 1.82) is 5.41 Å². The van der Waals surface area contributed by atoms with Crippen molar-refractivity contribution in [3.05, 3.63) is 70.8 Å². The quantitative estimate of drug-likeness (QED) is 0.329. The summed E-state index contributed by atoms with van der Waals surface area (Å²) in [6.07, 6.45) is 1.70. The van der Waals surface area contributed by atoms with Crippen LogP contribution in [0.2, 0.25) is 0 Å². The van der Waals surface area contributed by atoms with E-state index in [1.807, 2.05) is 12.1 Å². The van der Waals surface area contributed by atoms with Crippen LogP contribution < -0.4 is 21.7 Å². The summed E-state index contributed by atoms with van der Waals surface area (Å²) < 4.78 is 0. The first-order valence-corrected chi connectivity index (χ1v) is 10.6. The molecule has 0 spiro atoms. The molecule has 2 aromatic carbocycles. The van der Waals surface area contributed by atoms with E-state index in [2.05, 4.69) is 47.1 Å². The monoisotopic (exact) mass is 421 g/mol. The number of carbonyl (C=O) groups excluding carboxylic acids is 2. The predicted octanol–water partition coefficient (Wildman–Crippen LogP) is 1.62. The Morgan fingerprint density at radius 1 is 1.19 bits per heavy atom. The molecule has 1 fully saturated rings. The highest BCUT2D eigenvalue weighted by molar-refractivity contribution is 5.95. The van der Waals surface area contributed by atoms with Crippen LogP contribution in [0.1, 0.15) is 35.6 Å². The number of rotatable bonds is 8. The molecule has 0 bridgehead atoms. The zero-order chi connectivity index (χ0) is 22.4. The lowest BCUT2D eigenvalue weighted by Crippen LogP contribution is -2.49. The average molecular weight is 422 g/mol. The summed E-state index contributed by atoms with van der Waals surface area (Å²) in [5, 5.41) is 16.3. The van der Waals surface area contributed by atoms with E-state index in [9.17, 15) is 9.59 Å². The minimum absolute atomic E-state index is 0.00793. The minimum atomic E-state index is -0.624. The smallest absolute Gasteiger partial charge is 0.242 e. The molecule has 0 unspecified atom stereocenters. The Morgan fingerprint density at radius 2 is 1.94 bits per heavy atom. The molecule has 3 rings (SSSR count). The van der Waals surface area contributed by atoms with E-state index in [0.717, 1.165) is 24.9 Å². The van der Waals surface area contributed by atoms with Gasteiger partial charge in [-0.2, -0.15) is 0 Å². The molecule has 1 saturated heterocycles. The SMILES string of the molecule is Cc1cccc(C[C@@H]2CN[C@@H](C(=O)N[C@@H](C)C(=O)NCc3ccc(C(=N)N)cc3)C2)c1. The van der Waals surface area contributed by atoms with E-state index in [-0.39, 0.29) is 23.7 Å². The van der Waals surface area contributed by atoms with Crippen molar-refractivity contribution in [2.75, 3.05) is 6.54 Å². The second kappa shape index (κ2) is 10.2. The largest absolute Gasteiger partial charge is 0.384 e. The number of hydrogen-bond donors (Lipinski definition) is 5. The summed E-state index contributed by atoms with van der Waals surface area (Å²) in [7, 11) is 0. The molecule has 7 nitrogen and oxygen atoms in total. The number of amidine groups is 1. The molecule has 0 saturated carbocycles. The first-order chi connectivity index (χ1) is 14.8. The van der Waals surface area contributed by atoms with Crippen LogP contribution in [0.3, 0.4) is 0 Å². The van der Waals surface area contributed by atoms with Gasteiger partial charge in [-0.1, -0.05) is 54.1 Å². The van der Waals surface area contributed by atoms with E-state index >= 15 is 0 Å². The Labute approximate surface area is 183 Å². The standard InChI is InChI=1S/C24H31N5O2/c1-15-4-3-5-18(10-15)11-19-12-21(27-14-19)24(31)29-16(2)23(30)28-13-17-6-8-20(9-7-17)22(25)26/h3-10,16,19,21,27H,11-14H2,1-2H3,(H3,25,26)(H,28,30)(H,29,31)/t16-,19-,21+/m0/s1. The summed E-state index contributed by atoms with van der Waals surface area (Å²) in [5.74, 6) is 0.0340. The van der Waals surface area contributed by atoms with Crippen LogP contribution in [0.25, 0.3) is 0 Å². The van der Waals surface area contributed by atoms with Crippen molar-refractivity contribution in [1.82, 2.24) is 16.0 Å². The fourth-order valence-electron chi connectivity index (χ4n) is 3.86. The van der Waals surface area contributed by atoms with Gasteiger partial charge in [0, 0.05) is 12.1 Å². The molecule has 0 aromatic heterocycles. The molecule has 0 aliphatic carbocycles. The van der Waals surface area contributed by atoms with E-state index in [1.54, 1.807) is 19.1 Å². The van der Waals surface area contributed by atoms with Crippen molar-refractivity contribution in [3.63, 3.8) is 0 Å². The number of hydrogen-bond acceptors (Lipinski definition) is 4. The normalized spacial score (nSPS) is 18.9. The highest BCUT2D eigenvalue weighted by Gasteiger charge is 2.30. The van der Waals surface area contributed by atoms with Crippen molar-refractivity contribution in [3.8, 4) is 0 Å². The zero-order valence-electron chi connectivity index (χ0n) is 18.1. The summed E-state index contributed by atoms with van der Waals surface area (Å²) >= 11 is 0. The zero-order valence-corrected chi connectivity index (χ0v) is 18.1. The number of nitrogens with one attached hydrogen (secondary N) is 4. The van der Waals surface area contributed by atoms with Gasteiger partial charge < -0.3 is 21.7 Å². The molecule has 1 aliphatic rings. The minimum Gasteiger partial charge on any atom is -0.384 e. The third-order valence-corrected chi connectivity index (χ3v) is 5.63. The molecular weight excluding hydrogens is 390 g/mol. The number of aryl methyl sites for hydroxylation is 1. The lowest BCUT2D eigenvalue weighted by molar-refractivity contribution is -0.129. The van der Waals surface area contributed by atoms with Gasteiger partial charge in [-0.3, -0.25) is 15.0 Å². The van der Waals surface area contributed by atoms with Gasteiger partial charge in [0.15, 0.2) is 0 Å². The summed E-state index contributed by atoms with van der Waals surface area (Å²) in [6.45, 7) is 4.91.